The quantitative estimate of drug-likeness (QED) is 0.179. The maximum Gasteiger partial charge on any atom is 0.417 e. The van der Waals surface area contributed by atoms with E-state index in [1.807, 2.05) is 114 Å². The molecule has 8 rings (SSSR count). The average molecular weight is 631 g/mol. The van der Waals surface area contributed by atoms with E-state index in [1.54, 1.807) is 12.1 Å². The van der Waals surface area contributed by atoms with Gasteiger partial charge in [0.1, 0.15) is 0 Å². The predicted octanol–water partition coefficient (Wildman–Crippen LogP) is 11.6. The van der Waals surface area contributed by atoms with Gasteiger partial charge in [0.15, 0.2) is 5.69 Å². The Balaban J connectivity index is 1.65. The molecule has 4 nitrogen and oxygen atoms in total. The van der Waals surface area contributed by atoms with Crippen LogP contribution in [0.4, 0.5) is 18.9 Å². The summed E-state index contributed by atoms with van der Waals surface area (Å²) in [6.07, 6.45) is -4.77. The number of halogens is 3. The molecule has 2 heterocycles. The van der Waals surface area contributed by atoms with Crippen LogP contribution in [0.15, 0.2) is 115 Å². The molecular weight excluding hydrogens is 605 g/mol. The highest BCUT2D eigenvalue weighted by atomic mass is 19.4. The monoisotopic (exact) mass is 630 g/mol. The van der Waals surface area contributed by atoms with E-state index in [0.29, 0.717) is 16.9 Å². The van der Waals surface area contributed by atoms with Crippen LogP contribution >= 0.6 is 0 Å². The number of aromatic nitrogens is 2. The van der Waals surface area contributed by atoms with Gasteiger partial charge >= 0.3 is 6.18 Å². The molecular formula is C41H25F3N4. The highest BCUT2D eigenvalue weighted by Crippen LogP contribution is 2.48. The summed E-state index contributed by atoms with van der Waals surface area (Å²) in [7, 11) is 0. The van der Waals surface area contributed by atoms with Crippen molar-refractivity contribution in [3.63, 3.8) is 0 Å². The number of hydrogen-bond acceptors (Lipinski definition) is 1. The molecule has 0 saturated heterocycles. The Kier molecular flexibility index (Phi) is 6.44. The molecule has 230 valence electrons. The summed E-state index contributed by atoms with van der Waals surface area (Å²) in [5, 5.41) is 13.5. The third kappa shape index (κ3) is 4.22. The van der Waals surface area contributed by atoms with E-state index in [1.165, 1.54) is 12.1 Å². The van der Waals surface area contributed by atoms with Crippen molar-refractivity contribution in [2.75, 3.05) is 0 Å². The Morgan fingerprint density at radius 3 is 1.62 bits per heavy atom. The highest BCUT2D eigenvalue weighted by Gasteiger charge is 2.36. The summed E-state index contributed by atoms with van der Waals surface area (Å²) >= 11 is 0. The average Bonchev–Trinajstić information content (AvgIpc) is 3.61. The molecule has 0 amide bonds. The van der Waals surface area contributed by atoms with Crippen LogP contribution in [0.25, 0.3) is 71.0 Å². The van der Waals surface area contributed by atoms with Gasteiger partial charge in [-0.3, -0.25) is 0 Å². The van der Waals surface area contributed by atoms with E-state index in [9.17, 15) is 5.26 Å². The lowest BCUT2D eigenvalue weighted by Gasteiger charge is -2.23. The van der Waals surface area contributed by atoms with Crippen molar-refractivity contribution >= 4 is 49.3 Å². The Morgan fingerprint density at radius 1 is 0.646 bits per heavy atom. The van der Waals surface area contributed by atoms with Crippen LogP contribution in [0.2, 0.25) is 0 Å². The van der Waals surface area contributed by atoms with Crippen molar-refractivity contribution in [3.8, 4) is 28.6 Å². The molecule has 6 aromatic carbocycles. The molecule has 0 saturated carbocycles. The maximum absolute atomic E-state index is 15.1. The minimum absolute atomic E-state index is 0.0831. The molecule has 48 heavy (non-hydrogen) atoms. The number of benzene rings is 6. The number of nitriles is 1. The van der Waals surface area contributed by atoms with Gasteiger partial charge in [0.25, 0.3) is 0 Å². The van der Waals surface area contributed by atoms with E-state index >= 15 is 13.2 Å². The zero-order valence-electron chi connectivity index (χ0n) is 25.9. The summed E-state index contributed by atoms with van der Waals surface area (Å²) in [6.45, 7) is 12.2. The van der Waals surface area contributed by atoms with Gasteiger partial charge in [-0.05, 0) is 79.1 Å². The molecule has 0 N–H and O–H groups in total. The highest BCUT2D eigenvalue weighted by molar-refractivity contribution is 6.13. The Hall–Kier alpha value is -6.31. The summed E-state index contributed by atoms with van der Waals surface area (Å²) in [6, 6.07) is 36.4. The zero-order valence-corrected chi connectivity index (χ0v) is 25.9. The Morgan fingerprint density at radius 2 is 1.15 bits per heavy atom. The molecule has 0 spiro atoms. The van der Waals surface area contributed by atoms with Gasteiger partial charge < -0.3 is 9.13 Å². The lowest BCUT2D eigenvalue weighted by atomic mass is 9.93. The van der Waals surface area contributed by atoms with Crippen LogP contribution in [0.3, 0.4) is 0 Å². The molecule has 0 aliphatic heterocycles. The Labute approximate surface area is 273 Å². The number of hydrogen-bond donors (Lipinski definition) is 0. The summed E-state index contributed by atoms with van der Waals surface area (Å²) in [4.78, 5) is 3.86. The van der Waals surface area contributed by atoms with Crippen molar-refractivity contribution in [2.45, 2.75) is 20.0 Å². The third-order valence-electron chi connectivity index (χ3n) is 9.23. The summed E-state index contributed by atoms with van der Waals surface area (Å²) < 4.78 is 49.2. The molecule has 0 unspecified atom stereocenters. The van der Waals surface area contributed by atoms with Crippen LogP contribution in [0.5, 0.6) is 0 Å². The number of nitrogens with zero attached hydrogens (tertiary/aromatic N) is 4. The second kappa shape index (κ2) is 10.6. The normalized spacial score (nSPS) is 11.8. The third-order valence-corrected chi connectivity index (χ3v) is 9.23. The van der Waals surface area contributed by atoms with Crippen molar-refractivity contribution < 1.29 is 13.2 Å². The standard InChI is InChI=1S/C41H25F3N4/c1-24-10-8-16-34-38(24)29-12-4-6-14-32(29)47(34)36-21-27(46-3)22-37(40(36)28-19-18-26(23-45)20-31(28)41(42,43)44)48-33-15-7-5-13-30(33)39-25(2)11-9-17-35(39)48/h4-22H,1-2H3. The van der Waals surface area contributed by atoms with Crippen molar-refractivity contribution in [2.24, 2.45) is 0 Å². The van der Waals surface area contributed by atoms with Gasteiger partial charge in [0.2, 0.25) is 0 Å². The first-order valence-corrected chi connectivity index (χ1v) is 15.4. The van der Waals surface area contributed by atoms with Gasteiger partial charge in [-0.25, -0.2) is 4.85 Å². The number of fused-ring (bicyclic) bond motifs is 6. The van der Waals surface area contributed by atoms with Crippen molar-refractivity contribution in [1.82, 2.24) is 9.13 Å². The minimum atomic E-state index is -4.77. The van der Waals surface area contributed by atoms with E-state index in [0.717, 1.165) is 60.8 Å². The molecule has 0 fully saturated rings. The van der Waals surface area contributed by atoms with Gasteiger partial charge in [0.05, 0.1) is 45.8 Å². The van der Waals surface area contributed by atoms with Crippen LogP contribution in [0.1, 0.15) is 22.3 Å². The first kappa shape index (κ1) is 29.1. The number of rotatable bonds is 3. The number of para-hydroxylation sites is 2. The van der Waals surface area contributed by atoms with Gasteiger partial charge in [-0.2, -0.15) is 18.4 Å². The topological polar surface area (TPSA) is 38.0 Å². The van der Waals surface area contributed by atoms with E-state index in [2.05, 4.69) is 4.85 Å². The van der Waals surface area contributed by atoms with Gasteiger partial charge in [-0.15, -0.1) is 0 Å². The van der Waals surface area contributed by atoms with E-state index < -0.39 is 11.7 Å². The van der Waals surface area contributed by atoms with E-state index in [4.69, 9.17) is 6.57 Å². The predicted molar refractivity (Wildman–Crippen MR) is 186 cm³/mol. The second-order valence-electron chi connectivity index (χ2n) is 12.0. The fraction of sp³-hybridized carbons (Fsp3) is 0.0732. The van der Waals surface area contributed by atoms with Crippen LogP contribution < -0.4 is 0 Å². The van der Waals surface area contributed by atoms with Crippen LogP contribution in [0, 0.1) is 31.8 Å². The SMILES string of the molecule is [C-]#[N+]c1cc(-n2c3ccccc3c3c(C)cccc32)c(-c2ccc(C#N)cc2C(F)(F)F)c(-n2c3ccccc3c3c(C)cccc32)c1. The van der Waals surface area contributed by atoms with Gasteiger partial charge in [0, 0.05) is 38.5 Å². The lowest BCUT2D eigenvalue weighted by Crippen LogP contribution is -2.11. The smallest absolute Gasteiger partial charge is 0.310 e. The minimum Gasteiger partial charge on any atom is -0.310 e. The van der Waals surface area contributed by atoms with Crippen molar-refractivity contribution in [3.05, 3.63) is 149 Å². The summed E-state index contributed by atoms with van der Waals surface area (Å²) in [5.74, 6) is 0. The molecule has 8 aromatic rings. The number of alkyl halides is 3. The molecule has 0 radical (unpaired) electrons. The first-order valence-electron chi connectivity index (χ1n) is 15.4. The molecule has 0 bridgehead atoms. The Bertz CT molecular complexity index is 2570. The molecule has 0 aliphatic rings. The van der Waals surface area contributed by atoms with Gasteiger partial charge in [-0.1, -0.05) is 66.7 Å². The zero-order chi connectivity index (χ0) is 33.3. The van der Waals surface area contributed by atoms with Crippen LogP contribution in [-0.4, -0.2) is 9.13 Å². The molecule has 7 heteroatoms. The maximum atomic E-state index is 15.1. The van der Waals surface area contributed by atoms with Crippen LogP contribution in [-0.2, 0) is 6.18 Å². The second-order valence-corrected chi connectivity index (χ2v) is 12.0. The summed E-state index contributed by atoms with van der Waals surface area (Å²) in [5.41, 5.74) is 5.63. The van der Waals surface area contributed by atoms with E-state index in [-0.39, 0.29) is 16.8 Å². The fourth-order valence-electron chi connectivity index (χ4n) is 7.27. The fourth-order valence-corrected chi connectivity index (χ4v) is 7.27. The molecule has 0 atom stereocenters. The lowest BCUT2D eigenvalue weighted by molar-refractivity contribution is -0.137. The number of aryl methyl sites for hydroxylation is 2. The van der Waals surface area contributed by atoms with Crippen molar-refractivity contribution in [1.29, 1.82) is 5.26 Å². The first-order chi connectivity index (χ1) is 23.2. The molecule has 0 aliphatic carbocycles. The largest absolute Gasteiger partial charge is 0.417 e. The molecule has 2 aromatic heterocycles.